The summed E-state index contributed by atoms with van der Waals surface area (Å²) in [7, 11) is -4.64. The Morgan fingerprint density at radius 1 is 1.47 bits per heavy atom. The zero-order valence-corrected chi connectivity index (χ0v) is 11.9. The van der Waals surface area contributed by atoms with Crippen molar-refractivity contribution in [1.29, 1.82) is 0 Å². The summed E-state index contributed by atoms with van der Waals surface area (Å²) in [5.74, 6) is -0.350. The van der Waals surface area contributed by atoms with Crippen LogP contribution < -0.4 is 29.6 Å². The average molecular weight is 248 g/mol. The van der Waals surface area contributed by atoms with Crippen LogP contribution in [0.2, 0.25) is 0 Å². The first kappa shape index (κ1) is 20.7. The summed E-state index contributed by atoms with van der Waals surface area (Å²) in [5, 5.41) is 0. The number of ether oxygens (including phenoxy) is 1. The first-order valence-electron chi connectivity index (χ1n) is 3.65. The molecule has 0 radical (unpaired) electrons. The van der Waals surface area contributed by atoms with Gasteiger partial charge in [0.05, 0.1) is 0 Å². The van der Waals surface area contributed by atoms with Crippen molar-refractivity contribution in [3.63, 3.8) is 0 Å². The number of carbonyl (C=O) groups is 1. The van der Waals surface area contributed by atoms with Crippen molar-refractivity contribution < 1.29 is 58.3 Å². The van der Waals surface area contributed by atoms with Crippen molar-refractivity contribution in [2.75, 3.05) is 0 Å². The Morgan fingerprint density at radius 3 is 2.00 bits per heavy atom. The van der Waals surface area contributed by atoms with Gasteiger partial charge in [-0.15, -0.1) is 6.42 Å². The Bertz CT molecular complexity index is 227. The van der Waals surface area contributed by atoms with Gasteiger partial charge in [0.1, 0.15) is 0 Å². The van der Waals surface area contributed by atoms with Gasteiger partial charge in [-0.3, -0.25) is 0 Å². The molecule has 0 atom stereocenters. The molecule has 6 nitrogen and oxygen atoms in total. The Hall–Kier alpha value is 0.320. The minimum atomic E-state index is -4.64. The fraction of sp³-hybridized carbons (Fsp3) is 0.429. The van der Waals surface area contributed by atoms with E-state index < -0.39 is 7.82 Å². The molecule has 15 heavy (non-hydrogen) atoms. The summed E-state index contributed by atoms with van der Waals surface area (Å²) in [6.07, 6.45) is 0.735. The van der Waals surface area contributed by atoms with Crippen LogP contribution in [0.5, 0.6) is 0 Å². The molecule has 8 heteroatoms. The van der Waals surface area contributed by atoms with E-state index in [-0.39, 0.29) is 35.5 Å². The van der Waals surface area contributed by atoms with Gasteiger partial charge in [0.2, 0.25) is 0 Å². The van der Waals surface area contributed by atoms with Crippen LogP contribution in [0.1, 0.15) is 20.3 Å². The number of phosphoric acid groups is 1. The maximum Gasteiger partial charge on any atom is 1.00 e. The van der Waals surface area contributed by atoms with Crippen molar-refractivity contribution in [2.45, 2.75) is 20.3 Å². The molecule has 0 saturated heterocycles. The predicted molar refractivity (Wildman–Crippen MR) is 49.8 cm³/mol. The zero-order valence-electron chi connectivity index (χ0n) is 9.01. The van der Waals surface area contributed by atoms with Crippen LogP contribution in [-0.2, 0) is 14.1 Å². The van der Waals surface area contributed by atoms with Gasteiger partial charge in [0.15, 0.2) is 0 Å². The first-order chi connectivity index (χ1) is 6.18. The van der Waals surface area contributed by atoms with Gasteiger partial charge < -0.3 is 19.4 Å². The van der Waals surface area contributed by atoms with Gasteiger partial charge in [-0.1, -0.05) is 13.5 Å². The summed E-state index contributed by atoms with van der Waals surface area (Å²) in [4.78, 5) is 32.1. The summed E-state index contributed by atoms with van der Waals surface area (Å²) in [6, 6.07) is 0. The monoisotopic (exact) mass is 248 g/mol. The molecule has 0 aromatic carbocycles. The number of carbonyl (C=O) groups excluding carboxylic acids is 1. The maximum atomic E-state index is 10.5. The normalized spacial score (nSPS) is 9.13. The summed E-state index contributed by atoms with van der Waals surface area (Å²) in [5.41, 5.74) is 0.430. The average Bonchev–Trinajstić information content (AvgIpc) is 1.96. The summed E-state index contributed by atoms with van der Waals surface area (Å²) < 4.78 is 13.5. The molecular formula is C7H14NaO6P. The molecule has 0 aromatic heterocycles. The topological polar surface area (TPSA) is 104 Å². The molecular weight excluding hydrogens is 234 g/mol. The van der Waals surface area contributed by atoms with E-state index in [2.05, 4.69) is 11.3 Å². The van der Waals surface area contributed by atoms with E-state index in [4.69, 9.17) is 19.2 Å². The molecule has 0 aliphatic rings. The van der Waals surface area contributed by atoms with Crippen LogP contribution in [0.3, 0.4) is 0 Å². The second kappa shape index (κ2) is 10.8. The van der Waals surface area contributed by atoms with E-state index in [9.17, 15) is 4.79 Å². The SMILES string of the molecule is C=C(C)C(=O)O[CH-]CC.O=P(O)(O)O.[Na+]. The fourth-order valence-electron chi connectivity index (χ4n) is 0.260. The molecule has 0 unspecified atom stereocenters. The Balaban J connectivity index is -0.000000208. The van der Waals surface area contributed by atoms with Gasteiger partial charge in [-0.25, -0.2) is 9.36 Å². The molecule has 0 saturated carbocycles. The van der Waals surface area contributed by atoms with E-state index in [1.807, 2.05) is 6.92 Å². The standard InChI is InChI=1S/C7H11O2.Na.H3O4P/c1-4-5-9-7(8)6(2)3;;1-5(2,3)4/h5H,2,4H2,1,3H3;;(H3,1,2,3,4)/q-1;+1;. The van der Waals surface area contributed by atoms with Gasteiger partial charge >= 0.3 is 43.3 Å². The third-order valence-corrected chi connectivity index (χ3v) is 0.705. The molecule has 0 aromatic rings. The van der Waals surface area contributed by atoms with Crippen molar-refractivity contribution in [2.24, 2.45) is 0 Å². The molecule has 0 rings (SSSR count). The van der Waals surface area contributed by atoms with Crippen molar-refractivity contribution in [3.05, 3.63) is 18.8 Å². The molecule has 3 N–H and O–H groups in total. The predicted octanol–water partition coefficient (Wildman–Crippen LogP) is -2.25. The van der Waals surface area contributed by atoms with Crippen molar-refractivity contribution in [1.82, 2.24) is 0 Å². The third kappa shape index (κ3) is 31.4. The molecule has 0 amide bonds. The Labute approximate surface area is 111 Å². The first-order valence-corrected chi connectivity index (χ1v) is 5.21. The molecule has 84 valence electrons. The number of hydrogen-bond donors (Lipinski definition) is 3. The zero-order chi connectivity index (χ0) is 11.8. The van der Waals surface area contributed by atoms with Gasteiger partial charge in [0.25, 0.3) is 0 Å². The number of hydrogen-bond acceptors (Lipinski definition) is 3. The van der Waals surface area contributed by atoms with Crippen molar-refractivity contribution in [3.8, 4) is 0 Å². The largest absolute Gasteiger partial charge is 1.00 e. The van der Waals surface area contributed by atoms with Crippen LogP contribution in [0.15, 0.2) is 12.2 Å². The Kier molecular flexibility index (Phi) is 14.9. The quantitative estimate of drug-likeness (QED) is 0.171. The molecule has 0 bridgehead atoms. The van der Waals surface area contributed by atoms with Crippen LogP contribution >= 0.6 is 7.82 Å². The summed E-state index contributed by atoms with van der Waals surface area (Å²) in [6.45, 7) is 8.38. The van der Waals surface area contributed by atoms with E-state index in [1.54, 1.807) is 6.92 Å². The van der Waals surface area contributed by atoms with Crippen LogP contribution in [-0.4, -0.2) is 20.6 Å². The Morgan fingerprint density at radius 2 is 1.80 bits per heavy atom. The van der Waals surface area contributed by atoms with Gasteiger partial charge in [-0.2, -0.15) is 6.61 Å². The van der Waals surface area contributed by atoms with Crippen LogP contribution in [0.25, 0.3) is 0 Å². The maximum absolute atomic E-state index is 10.5. The van der Waals surface area contributed by atoms with Crippen LogP contribution in [0, 0.1) is 6.61 Å². The smallest absolute Gasteiger partial charge is 0.634 e. The molecule has 0 aliphatic heterocycles. The molecule has 0 fully saturated rings. The minimum absolute atomic E-state index is 0. The third-order valence-electron chi connectivity index (χ3n) is 0.705. The molecule has 0 heterocycles. The van der Waals surface area contributed by atoms with E-state index in [1.165, 1.54) is 6.61 Å². The van der Waals surface area contributed by atoms with Gasteiger partial charge in [0, 0.05) is 5.57 Å². The second-order valence-corrected chi connectivity index (χ2v) is 3.30. The minimum Gasteiger partial charge on any atom is -0.634 e. The van der Waals surface area contributed by atoms with E-state index >= 15 is 0 Å². The number of rotatable bonds is 3. The number of esters is 1. The second-order valence-electron chi connectivity index (χ2n) is 2.27. The van der Waals surface area contributed by atoms with Crippen molar-refractivity contribution >= 4 is 13.8 Å². The van der Waals surface area contributed by atoms with Gasteiger partial charge in [-0.05, 0) is 6.92 Å². The fourth-order valence-corrected chi connectivity index (χ4v) is 0.260. The molecule has 0 aliphatic carbocycles. The molecule has 0 spiro atoms. The van der Waals surface area contributed by atoms with Crippen LogP contribution in [0.4, 0.5) is 0 Å². The van der Waals surface area contributed by atoms with E-state index in [0.717, 1.165) is 6.42 Å². The van der Waals surface area contributed by atoms with E-state index in [0.29, 0.717) is 5.57 Å². The summed E-state index contributed by atoms with van der Waals surface area (Å²) >= 11 is 0.